The highest BCUT2D eigenvalue weighted by atomic mass is 16.3. The second-order valence-corrected chi connectivity index (χ2v) is 14.5. The van der Waals surface area contributed by atoms with Gasteiger partial charge in [0.1, 0.15) is 11.2 Å². The summed E-state index contributed by atoms with van der Waals surface area (Å²) in [6, 6.07) is 73.4. The molecule has 1 aliphatic carbocycles. The van der Waals surface area contributed by atoms with Crippen molar-refractivity contribution in [2.24, 2.45) is 0 Å². The quantitative estimate of drug-likeness (QED) is 0.172. The summed E-state index contributed by atoms with van der Waals surface area (Å²) in [5.41, 5.74) is 15.8. The Morgan fingerprint density at radius 1 is 0.339 bits per heavy atom. The summed E-state index contributed by atoms with van der Waals surface area (Å²) in [6.45, 7) is 0. The first kappa shape index (κ1) is 32.1. The molecule has 3 heteroatoms. The van der Waals surface area contributed by atoms with Crippen LogP contribution in [0.5, 0.6) is 0 Å². The van der Waals surface area contributed by atoms with E-state index in [2.05, 4.69) is 176 Å². The van der Waals surface area contributed by atoms with Crippen molar-refractivity contribution in [3.05, 3.63) is 229 Å². The first-order valence-electron chi connectivity index (χ1n) is 19.1. The molecule has 0 amide bonds. The van der Waals surface area contributed by atoms with Crippen LogP contribution in [-0.4, -0.2) is 9.97 Å². The summed E-state index contributed by atoms with van der Waals surface area (Å²) >= 11 is 0. The molecule has 3 nitrogen and oxygen atoms in total. The molecule has 0 unspecified atom stereocenters. The molecule has 0 spiro atoms. The maximum absolute atomic E-state index is 6.18. The molecule has 0 fully saturated rings. The summed E-state index contributed by atoms with van der Waals surface area (Å²) in [7, 11) is 0. The molecule has 0 atom stereocenters. The van der Waals surface area contributed by atoms with Crippen molar-refractivity contribution in [2.45, 2.75) is 5.41 Å². The van der Waals surface area contributed by atoms with Gasteiger partial charge in [0.05, 0.1) is 16.8 Å². The van der Waals surface area contributed by atoms with Crippen LogP contribution in [0.4, 0.5) is 0 Å². The van der Waals surface area contributed by atoms with Gasteiger partial charge in [0.15, 0.2) is 5.82 Å². The van der Waals surface area contributed by atoms with Gasteiger partial charge < -0.3 is 4.42 Å². The van der Waals surface area contributed by atoms with Crippen LogP contribution in [0.25, 0.3) is 78.1 Å². The maximum atomic E-state index is 6.18. The smallest absolute Gasteiger partial charge is 0.160 e. The topological polar surface area (TPSA) is 38.9 Å². The van der Waals surface area contributed by atoms with Crippen molar-refractivity contribution in [3.8, 4) is 56.2 Å². The van der Waals surface area contributed by atoms with Gasteiger partial charge >= 0.3 is 0 Å². The van der Waals surface area contributed by atoms with Gasteiger partial charge in [-0.2, -0.15) is 0 Å². The Labute approximate surface area is 325 Å². The molecule has 2 aromatic heterocycles. The van der Waals surface area contributed by atoms with Crippen molar-refractivity contribution in [2.75, 3.05) is 0 Å². The average Bonchev–Trinajstić information content (AvgIpc) is 3.80. The van der Waals surface area contributed by atoms with Crippen LogP contribution in [0.1, 0.15) is 22.3 Å². The number of hydrogen-bond donors (Lipinski definition) is 0. The third-order valence-corrected chi connectivity index (χ3v) is 11.4. The zero-order valence-corrected chi connectivity index (χ0v) is 30.4. The molecule has 0 radical (unpaired) electrons. The number of hydrogen-bond acceptors (Lipinski definition) is 3. The van der Waals surface area contributed by atoms with Crippen molar-refractivity contribution in [1.29, 1.82) is 0 Å². The first-order chi connectivity index (χ1) is 27.8. The molecule has 0 saturated carbocycles. The largest absolute Gasteiger partial charge is 0.456 e. The van der Waals surface area contributed by atoms with E-state index in [0.29, 0.717) is 5.82 Å². The van der Waals surface area contributed by atoms with Crippen LogP contribution in [0.2, 0.25) is 0 Å². The molecule has 2 heterocycles. The SMILES string of the molecule is c1ccc(-c2nc(-c3ccc4oc5ccccc5c4c3)cc(-c3ccccc3-c3cccc(C4(c5ccccc5)c5ccccc5-c5ccccc54)c3)n2)cc1. The summed E-state index contributed by atoms with van der Waals surface area (Å²) in [5, 5.41) is 2.16. The van der Waals surface area contributed by atoms with E-state index >= 15 is 0 Å². The number of fused-ring (bicyclic) bond motifs is 6. The Balaban J connectivity index is 1.11. The van der Waals surface area contributed by atoms with E-state index in [4.69, 9.17) is 14.4 Å². The maximum Gasteiger partial charge on any atom is 0.160 e. The van der Waals surface area contributed by atoms with Gasteiger partial charge in [-0.1, -0.05) is 170 Å². The summed E-state index contributed by atoms with van der Waals surface area (Å²) < 4.78 is 6.18. The minimum absolute atomic E-state index is 0.488. The summed E-state index contributed by atoms with van der Waals surface area (Å²) in [6.07, 6.45) is 0. The molecule has 11 rings (SSSR count). The Morgan fingerprint density at radius 3 is 1.68 bits per heavy atom. The van der Waals surface area contributed by atoms with Crippen molar-refractivity contribution in [1.82, 2.24) is 9.97 Å². The fourth-order valence-electron chi connectivity index (χ4n) is 8.92. The van der Waals surface area contributed by atoms with Crippen LogP contribution in [0, 0.1) is 0 Å². The standard InChI is InChI=1S/C53H34N2O/c1-3-16-35(17-4-1)52-54-48(37-30-31-51-45(33-37)44-26-11-14-29-50(44)56-51)34-49(55-52)43-25-8-7-22-40(43)36-18-15-21-39(32-36)53(38-19-5-2-6-20-38)46-27-12-9-23-41(46)42-24-10-13-28-47(42)53/h1-34H. The van der Waals surface area contributed by atoms with Crippen LogP contribution >= 0.6 is 0 Å². The van der Waals surface area contributed by atoms with E-state index in [1.165, 1.54) is 33.4 Å². The van der Waals surface area contributed by atoms with E-state index in [1.54, 1.807) is 0 Å². The predicted molar refractivity (Wildman–Crippen MR) is 228 cm³/mol. The molecule has 0 N–H and O–H groups in total. The molecule has 10 aromatic rings. The zero-order chi connectivity index (χ0) is 37.1. The van der Waals surface area contributed by atoms with Crippen LogP contribution in [0.3, 0.4) is 0 Å². The van der Waals surface area contributed by atoms with Crippen LogP contribution in [0.15, 0.2) is 211 Å². The number of furan rings is 1. The fraction of sp³-hybridized carbons (Fsp3) is 0.0189. The van der Waals surface area contributed by atoms with Crippen molar-refractivity contribution in [3.63, 3.8) is 0 Å². The number of para-hydroxylation sites is 1. The minimum Gasteiger partial charge on any atom is -0.456 e. The lowest BCUT2D eigenvalue weighted by molar-refractivity contribution is 0.669. The lowest BCUT2D eigenvalue weighted by Crippen LogP contribution is -2.28. The molecule has 0 bridgehead atoms. The summed E-state index contributed by atoms with van der Waals surface area (Å²) in [5.74, 6) is 0.681. The number of rotatable bonds is 6. The lowest BCUT2D eigenvalue weighted by atomic mass is 9.67. The second-order valence-electron chi connectivity index (χ2n) is 14.5. The zero-order valence-electron chi connectivity index (χ0n) is 30.4. The normalized spacial score (nSPS) is 12.8. The van der Waals surface area contributed by atoms with E-state index in [0.717, 1.165) is 61.1 Å². The molecule has 0 saturated heterocycles. The van der Waals surface area contributed by atoms with Gasteiger partial charge in [0, 0.05) is 27.5 Å². The van der Waals surface area contributed by atoms with Crippen LogP contribution in [-0.2, 0) is 5.41 Å². The van der Waals surface area contributed by atoms with E-state index in [-0.39, 0.29) is 0 Å². The fourth-order valence-corrected chi connectivity index (χ4v) is 8.92. The monoisotopic (exact) mass is 714 g/mol. The number of nitrogens with zero attached hydrogens (tertiary/aromatic N) is 2. The average molecular weight is 715 g/mol. The number of benzene rings is 8. The first-order valence-corrected chi connectivity index (χ1v) is 19.1. The highest BCUT2D eigenvalue weighted by molar-refractivity contribution is 6.06. The summed E-state index contributed by atoms with van der Waals surface area (Å²) in [4.78, 5) is 10.5. The van der Waals surface area contributed by atoms with E-state index in [1.807, 2.05) is 30.3 Å². The Kier molecular flexibility index (Phi) is 7.39. The van der Waals surface area contributed by atoms with E-state index < -0.39 is 5.41 Å². The molecular weight excluding hydrogens is 681 g/mol. The second kappa shape index (κ2) is 12.9. The van der Waals surface area contributed by atoms with Gasteiger partial charge in [0.2, 0.25) is 0 Å². The highest BCUT2D eigenvalue weighted by Gasteiger charge is 2.45. The molecule has 0 aliphatic heterocycles. The Morgan fingerprint density at radius 2 is 0.911 bits per heavy atom. The van der Waals surface area contributed by atoms with E-state index in [9.17, 15) is 0 Å². The molecule has 56 heavy (non-hydrogen) atoms. The molecule has 262 valence electrons. The van der Waals surface area contributed by atoms with Gasteiger partial charge in [-0.05, 0) is 80.9 Å². The highest BCUT2D eigenvalue weighted by Crippen LogP contribution is 2.56. The Bertz CT molecular complexity index is 3040. The lowest BCUT2D eigenvalue weighted by Gasteiger charge is -2.34. The van der Waals surface area contributed by atoms with Gasteiger partial charge in [-0.3, -0.25) is 0 Å². The molecule has 1 aliphatic rings. The predicted octanol–water partition coefficient (Wildman–Crippen LogP) is 13.4. The third kappa shape index (κ3) is 4.98. The Hall–Kier alpha value is -7.36. The number of aromatic nitrogens is 2. The van der Waals surface area contributed by atoms with Gasteiger partial charge in [0.25, 0.3) is 0 Å². The molecule has 8 aromatic carbocycles. The van der Waals surface area contributed by atoms with Gasteiger partial charge in [-0.25, -0.2) is 9.97 Å². The third-order valence-electron chi connectivity index (χ3n) is 11.4. The van der Waals surface area contributed by atoms with Gasteiger partial charge in [-0.15, -0.1) is 0 Å². The van der Waals surface area contributed by atoms with Crippen molar-refractivity contribution < 1.29 is 4.42 Å². The van der Waals surface area contributed by atoms with Crippen molar-refractivity contribution >= 4 is 21.9 Å². The van der Waals surface area contributed by atoms with Crippen LogP contribution < -0.4 is 0 Å². The molecular formula is C53H34N2O. The minimum atomic E-state index is -0.488.